The summed E-state index contributed by atoms with van der Waals surface area (Å²) in [6, 6.07) is 8.65. The third kappa shape index (κ3) is 2.54. The number of carbonyl (C=O) groups excluding carboxylic acids is 1. The molecule has 1 aromatic heterocycles. The summed E-state index contributed by atoms with van der Waals surface area (Å²) in [5.74, 6) is -1.80. The third-order valence-electron chi connectivity index (χ3n) is 2.32. The molecule has 1 aromatic carbocycles. The summed E-state index contributed by atoms with van der Waals surface area (Å²) in [6.07, 6.45) is 1.31. The van der Waals surface area contributed by atoms with E-state index in [4.69, 9.17) is 5.11 Å². The molecule has 1 heterocycles. The van der Waals surface area contributed by atoms with Crippen molar-refractivity contribution in [3.63, 3.8) is 0 Å². The Labute approximate surface area is 102 Å². The lowest BCUT2D eigenvalue weighted by Crippen LogP contribution is -2.33. The Morgan fingerprint density at radius 2 is 1.94 bits per heavy atom. The van der Waals surface area contributed by atoms with Gasteiger partial charge in [0, 0.05) is 6.07 Å². The SMILES string of the molecule is O=C(NC(C(=O)O)c1ccccc1)c1ccno1. The van der Waals surface area contributed by atoms with Crippen molar-refractivity contribution in [2.24, 2.45) is 0 Å². The molecule has 2 N–H and O–H groups in total. The van der Waals surface area contributed by atoms with Crippen molar-refractivity contribution in [1.29, 1.82) is 0 Å². The average molecular weight is 246 g/mol. The van der Waals surface area contributed by atoms with E-state index in [0.29, 0.717) is 5.56 Å². The lowest BCUT2D eigenvalue weighted by atomic mass is 10.1. The van der Waals surface area contributed by atoms with Crippen LogP contribution in [0.25, 0.3) is 0 Å². The minimum Gasteiger partial charge on any atom is -0.479 e. The van der Waals surface area contributed by atoms with E-state index in [9.17, 15) is 9.59 Å². The first-order valence-corrected chi connectivity index (χ1v) is 5.18. The molecule has 0 radical (unpaired) electrons. The van der Waals surface area contributed by atoms with Gasteiger partial charge in [-0.15, -0.1) is 0 Å². The van der Waals surface area contributed by atoms with E-state index in [-0.39, 0.29) is 5.76 Å². The Kier molecular flexibility index (Phi) is 3.38. The molecular formula is C12H10N2O4. The number of rotatable bonds is 4. The molecule has 1 unspecified atom stereocenters. The Morgan fingerprint density at radius 3 is 2.50 bits per heavy atom. The van der Waals surface area contributed by atoms with Crippen LogP contribution in [0.1, 0.15) is 22.2 Å². The molecule has 0 aliphatic rings. The molecule has 0 aliphatic carbocycles. The molecule has 0 saturated heterocycles. The van der Waals surface area contributed by atoms with Crippen LogP contribution in [-0.4, -0.2) is 22.1 Å². The summed E-state index contributed by atoms with van der Waals surface area (Å²) in [5, 5.41) is 14.9. The fourth-order valence-electron chi connectivity index (χ4n) is 1.47. The van der Waals surface area contributed by atoms with Gasteiger partial charge in [0.1, 0.15) is 0 Å². The standard InChI is InChI=1S/C12H10N2O4/c15-11(9-6-7-13-18-9)14-10(12(16)17)8-4-2-1-3-5-8/h1-7,10H,(H,14,15)(H,16,17). The van der Waals surface area contributed by atoms with Gasteiger partial charge in [0.25, 0.3) is 5.91 Å². The zero-order valence-corrected chi connectivity index (χ0v) is 9.24. The van der Waals surface area contributed by atoms with Crippen LogP contribution in [0.5, 0.6) is 0 Å². The number of amides is 1. The van der Waals surface area contributed by atoms with Gasteiger partial charge in [0.05, 0.1) is 6.20 Å². The lowest BCUT2D eigenvalue weighted by molar-refractivity contribution is -0.139. The molecular weight excluding hydrogens is 236 g/mol. The molecule has 0 aliphatic heterocycles. The van der Waals surface area contributed by atoms with Gasteiger partial charge in [-0.3, -0.25) is 4.79 Å². The van der Waals surface area contributed by atoms with E-state index in [1.165, 1.54) is 12.3 Å². The predicted molar refractivity (Wildman–Crippen MR) is 60.8 cm³/mol. The van der Waals surface area contributed by atoms with E-state index in [1.807, 2.05) is 0 Å². The molecule has 6 nitrogen and oxygen atoms in total. The molecule has 6 heteroatoms. The number of hydrogen-bond donors (Lipinski definition) is 2. The van der Waals surface area contributed by atoms with Crippen LogP contribution < -0.4 is 5.32 Å². The zero-order chi connectivity index (χ0) is 13.0. The summed E-state index contributed by atoms with van der Waals surface area (Å²) >= 11 is 0. The van der Waals surface area contributed by atoms with Crippen molar-refractivity contribution in [2.45, 2.75) is 6.04 Å². The number of benzene rings is 1. The first-order chi connectivity index (χ1) is 8.68. The van der Waals surface area contributed by atoms with E-state index < -0.39 is 17.9 Å². The van der Waals surface area contributed by atoms with Crippen molar-refractivity contribution in [1.82, 2.24) is 10.5 Å². The molecule has 0 saturated carbocycles. The fourth-order valence-corrected chi connectivity index (χ4v) is 1.47. The highest BCUT2D eigenvalue weighted by Gasteiger charge is 2.23. The molecule has 18 heavy (non-hydrogen) atoms. The van der Waals surface area contributed by atoms with Crippen LogP contribution in [0.2, 0.25) is 0 Å². The fraction of sp³-hybridized carbons (Fsp3) is 0.0833. The maximum atomic E-state index is 11.7. The van der Waals surface area contributed by atoms with E-state index in [2.05, 4.69) is 15.0 Å². The second-order valence-corrected chi connectivity index (χ2v) is 3.53. The van der Waals surface area contributed by atoms with Gasteiger partial charge in [-0.1, -0.05) is 35.5 Å². The summed E-state index contributed by atoms with van der Waals surface area (Å²) in [6.45, 7) is 0. The maximum absolute atomic E-state index is 11.7. The Balaban J connectivity index is 2.18. The normalized spacial score (nSPS) is 11.8. The van der Waals surface area contributed by atoms with Gasteiger partial charge in [0.2, 0.25) is 5.76 Å². The zero-order valence-electron chi connectivity index (χ0n) is 9.24. The van der Waals surface area contributed by atoms with E-state index in [0.717, 1.165) is 0 Å². The molecule has 0 spiro atoms. The quantitative estimate of drug-likeness (QED) is 0.846. The number of nitrogens with one attached hydrogen (secondary N) is 1. The minimum atomic E-state index is -1.14. The number of carboxylic acids is 1. The largest absolute Gasteiger partial charge is 0.479 e. The molecule has 2 aromatic rings. The molecule has 1 atom stereocenters. The van der Waals surface area contributed by atoms with Crippen LogP contribution in [-0.2, 0) is 4.79 Å². The summed E-state index contributed by atoms with van der Waals surface area (Å²) in [4.78, 5) is 22.8. The van der Waals surface area contributed by atoms with Gasteiger partial charge in [-0.05, 0) is 5.56 Å². The Hall–Kier alpha value is -2.63. The van der Waals surface area contributed by atoms with E-state index in [1.54, 1.807) is 30.3 Å². The number of carbonyl (C=O) groups is 2. The van der Waals surface area contributed by atoms with Gasteiger partial charge in [-0.25, -0.2) is 4.79 Å². The van der Waals surface area contributed by atoms with Crippen LogP contribution in [0.15, 0.2) is 47.1 Å². The van der Waals surface area contributed by atoms with Gasteiger partial charge < -0.3 is 14.9 Å². The lowest BCUT2D eigenvalue weighted by Gasteiger charge is -2.13. The van der Waals surface area contributed by atoms with Crippen molar-refractivity contribution >= 4 is 11.9 Å². The van der Waals surface area contributed by atoms with Gasteiger partial charge in [-0.2, -0.15) is 0 Å². The molecule has 2 rings (SSSR count). The predicted octanol–water partition coefficient (Wildman–Crippen LogP) is 1.23. The van der Waals surface area contributed by atoms with Crippen molar-refractivity contribution in [3.05, 3.63) is 53.9 Å². The smallest absolute Gasteiger partial charge is 0.330 e. The first kappa shape index (κ1) is 11.8. The Morgan fingerprint density at radius 1 is 1.22 bits per heavy atom. The minimum absolute atomic E-state index is 0.0304. The molecule has 0 fully saturated rings. The number of hydrogen-bond acceptors (Lipinski definition) is 4. The second kappa shape index (κ2) is 5.13. The molecule has 1 amide bonds. The third-order valence-corrected chi connectivity index (χ3v) is 2.32. The summed E-state index contributed by atoms with van der Waals surface area (Å²) in [5.41, 5.74) is 0.484. The van der Waals surface area contributed by atoms with Gasteiger partial charge in [0.15, 0.2) is 6.04 Å². The number of carboxylic acid groups (broad SMARTS) is 1. The Bertz CT molecular complexity index is 536. The summed E-state index contributed by atoms with van der Waals surface area (Å²) in [7, 11) is 0. The topological polar surface area (TPSA) is 92.4 Å². The first-order valence-electron chi connectivity index (χ1n) is 5.18. The monoisotopic (exact) mass is 246 g/mol. The van der Waals surface area contributed by atoms with Crippen molar-refractivity contribution < 1.29 is 19.2 Å². The van der Waals surface area contributed by atoms with Crippen LogP contribution in [0, 0.1) is 0 Å². The highest BCUT2D eigenvalue weighted by Crippen LogP contribution is 2.13. The number of nitrogens with zero attached hydrogens (tertiary/aromatic N) is 1. The number of aromatic nitrogens is 1. The molecule has 0 bridgehead atoms. The van der Waals surface area contributed by atoms with Crippen LogP contribution in [0.3, 0.4) is 0 Å². The van der Waals surface area contributed by atoms with Crippen LogP contribution in [0.4, 0.5) is 0 Å². The van der Waals surface area contributed by atoms with Crippen molar-refractivity contribution in [2.75, 3.05) is 0 Å². The van der Waals surface area contributed by atoms with Crippen molar-refractivity contribution in [3.8, 4) is 0 Å². The van der Waals surface area contributed by atoms with Gasteiger partial charge >= 0.3 is 5.97 Å². The van der Waals surface area contributed by atoms with Crippen LogP contribution >= 0.6 is 0 Å². The average Bonchev–Trinajstić information content (AvgIpc) is 2.90. The highest BCUT2D eigenvalue weighted by atomic mass is 16.5. The highest BCUT2D eigenvalue weighted by molar-refractivity contribution is 5.94. The number of aliphatic carboxylic acids is 1. The maximum Gasteiger partial charge on any atom is 0.330 e. The second-order valence-electron chi connectivity index (χ2n) is 3.53. The van der Waals surface area contributed by atoms with E-state index >= 15 is 0 Å². The molecule has 92 valence electrons. The summed E-state index contributed by atoms with van der Waals surface area (Å²) < 4.78 is 4.66.